The van der Waals surface area contributed by atoms with Gasteiger partial charge in [-0.3, -0.25) is 4.57 Å². The molecule has 0 saturated carbocycles. The standard InChI is InChI=1S/C21H27ClN8O4/c1-29(8-2-7-24-21(33)28-13-5-3-12(22)4-6-13)9-14-16(31)17(32)20(34-14)30-11-27-15-18(23)25-10-26-19(15)30/h3-6,10-11,14,16-17,20,31-32H,2,7-9H2,1H3,(H2,23,25,26)(H2,24,28,33). The van der Waals surface area contributed by atoms with Crippen LogP contribution in [-0.2, 0) is 4.74 Å². The van der Waals surface area contributed by atoms with Gasteiger partial charge in [0.05, 0.1) is 6.33 Å². The van der Waals surface area contributed by atoms with E-state index < -0.39 is 24.5 Å². The summed E-state index contributed by atoms with van der Waals surface area (Å²) >= 11 is 5.84. The molecule has 4 rings (SSSR count). The van der Waals surface area contributed by atoms with Crippen molar-refractivity contribution in [1.82, 2.24) is 29.7 Å². The van der Waals surface area contributed by atoms with Crippen molar-refractivity contribution in [2.24, 2.45) is 0 Å². The third-order valence-corrected chi connectivity index (χ3v) is 5.85. The molecule has 1 saturated heterocycles. The second kappa shape index (κ2) is 10.5. The van der Waals surface area contributed by atoms with Crippen LogP contribution in [0.25, 0.3) is 11.2 Å². The van der Waals surface area contributed by atoms with Crippen molar-refractivity contribution in [3.05, 3.63) is 41.9 Å². The summed E-state index contributed by atoms with van der Waals surface area (Å²) in [4.78, 5) is 26.2. The van der Waals surface area contributed by atoms with Crippen LogP contribution in [0, 0.1) is 0 Å². The molecule has 12 nitrogen and oxygen atoms in total. The van der Waals surface area contributed by atoms with Crippen molar-refractivity contribution in [3.8, 4) is 0 Å². The number of urea groups is 1. The van der Waals surface area contributed by atoms with Gasteiger partial charge < -0.3 is 36.2 Å². The van der Waals surface area contributed by atoms with Crippen molar-refractivity contribution >= 4 is 40.3 Å². The fourth-order valence-electron chi connectivity index (χ4n) is 3.82. The highest BCUT2D eigenvalue weighted by Crippen LogP contribution is 2.32. The Kier molecular flexibility index (Phi) is 7.44. The Labute approximate surface area is 200 Å². The number of nitrogen functional groups attached to an aromatic ring is 1. The maximum atomic E-state index is 12.0. The molecular formula is C21H27ClN8O4. The lowest BCUT2D eigenvalue weighted by atomic mass is 10.1. The van der Waals surface area contributed by atoms with E-state index in [0.717, 1.165) is 0 Å². The highest BCUT2D eigenvalue weighted by Gasteiger charge is 2.44. The number of likely N-dealkylation sites (N-methyl/N-ethyl adjacent to an activating group) is 1. The van der Waals surface area contributed by atoms with Crippen molar-refractivity contribution in [2.75, 3.05) is 37.7 Å². The molecule has 3 heterocycles. The minimum Gasteiger partial charge on any atom is -0.387 e. The van der Waals surface area contributed by atoms with Crippen LogP contribution in [-0.4, -0.2) is 85.7 Å². The second-order valence-electron chi connectivity index (χ2n) is 8.13. The van der Waals surface area contributed by atoms with Crippen LogP contribution < -0.4 is 16.4 Å². The average molecular weight is 491 g/mol. The Morgan fingerprint density at radius 2 is 2.00 bits per heavy atom. The molecule has 1 aliphatic heterocycles. The Morgan fingerprint density at radius 3 is 2.76 bits per heavy atom. The summed E-state index contributed by atoms with van der Waals surface area (Å²) in [5.41, 5.74) is 7.30. The number of carbonyl (C=O) groups is 1. The maximum Gasteiger partial charge on any atom is 0.319 e. The number of aliphatic hydroxyl groups excluding tert-OH is 2. The number of aliphatic hydroxyl groups is 2. The summed E-state index contributed by atoms with van der Waals surface area (Å²) in [6, 6.07) is 6.54. The predicted octanol–water partition coefficient (Wildman–Crippen LogP) is 0.825. The second-order valence-corrected chi connectivity index (χ2v) is 8.57. The van der Waals surface area contributed by atoms with Crippen LogP contribution in [0.15, 0.2) is 36.9 Å². The Balaban J connectivity index is 1.24. The zero-order chi connectivity index (χ0) is 24.2. The summed E-state index contributed by atoms with van der Waals surface area (Å²) < 4.78 is 7.51. The molecule has 0 spiro atoms. The Hall–Kier alpha value is -3.03. The molecule has 4 unspecified atom stereocenters. The van der Waals surface area contributed by atoms with Crippen molar-refractivity contribution in [3.63, 3.8) is 0 Å². The third-order valence-electron chi connectivity index (χ3n) is 5.59. The molecule has 2 amide bonds. The first kappa shape index (κ1) is 24.1. The number of benzene rings is 1. The van der Waals surface area contributed by atoms with Gasteiger partial charge in [0.25, 0.3) is 0 Å². The Morgan fingerprint density at radius 1 is 1.24 bits per heavy atom. The largest absolute Gasteiger partial charge is 0.387 e. The van der Waals surface area contributed by atoms with Gasteiger partial charge in [0.1, 0.15) is 30.2 Å². The summed E-state index contributed by atoms with van der Waals surface area (Å²) in [6.07, 6.45) is -0.278. The minimum absolute atomic E-state index is 0.225. The van der Waals surface area contributed by atoms with Gasteiger partial charge in [0.15, 0.2) is 17.7 Å². The predicted molar refractivity (Wildman–Crippen MR) is 126 cm³/mol. The van der Waals surface area contributed by atoms with Crippen molar-refractivity contribution < 1.29 is 19.7 Å². The first-order chi connectivity index (χ1) is 16.3. The van der Waals surface area contributed by atoms with Crippen LogP contribution in [0.5, 0.6) is 0 Å². The van der Waals surface area contributed by atoms with Gasteiger partial charge in [-0.1, -0.05) is 11.6 Å². The van der Waals surface area contributed by atoms with Gasteiger partial charge in [-0.2, -0.15) is 0 Å². The van der Waals surface area contributed by atoms with Crippen LogP contribution in [0.2, 0.25) is 5.02 Å². The average Bonchev–Trinajstić information content (AvgIpc) is 3.36. The highest BCUT2D eigenvalue weighted by molar-refractivity contribution is 6.30. The zero-order valence-electron chi connectivity index (χ0n) is 18.5. The van der Waals surface area contributed by atoms with Gasteiger partial charge in [-0.05, 0) is 44.3 Å². The topological polar surface area (TPSA) is 164 Å². The van der Waals surface area contributed by atoms with E-state index >= 15 is 0 Å². The van der Waals surface area contributed by atoms with Gasteiger partial charge in [0.2, 0.25) is 0 Å². The van der Waals surface area contributed by atoms with Gasteiger partial charge >= 0.3 is 6.03 Å². The quantitative estimate of drug-likeness (QED) is 0.287. The van der Waals surface area contributed by atoms with E-state index in [1.54, 1.807) is 28.8 Å². The molecule has 1 aliphatic rings. The molecule has 1 fully saturated rings. The monoisotopic (exact) mass is 490 g/mol. The molecule has 1 aromatic carbocycles. The van der Waals surface area contributed by atoms with Crippen LogP contribution in [0.4, 0.5) is 16.3 Å². The van der Waals surface area contributed by atoms with E-state index in [1.165, 1.54) is 12.7 Å². The lowest BCUT2D eigenvalue weighted by Gasteiger charge is -2.22. The highest BCUT2D eigenvalue weighted by atomic mass is 35.5. The van der Waals surface area contributed by atoms with Crippen LogP contribution in [0.3, 0.4) is 0 Å². The van der Waals surface area contributed by atoms with Crippen LogP contribution >= 0.6 is 11.6 Å². The number of fused-ring (bicyclic) bond motifs is 1. The lowest BCUT2D eigenvalue weighted by molar-refractivity contribution is -0.0421. The van der Waals surface area contributed by atoms with E-state index in [4.69, 9.17) is 22.1 Å². The molecule has 182 valence electrons. The van der Waals surface area contributed by atoms with E-state index in [2.05, 4.69) is 25.6 Å². The molecular weight excluding hydrogens is 464 g/mol. The number of carbonyl (C=O) groups excluding carboxylic acids is 1. The van der Waals surface area contributed by atoms with E-state index in [0.29, 0.717) is 47.9 Å². The first-order valence-corrected chi connectivity index (χ1v) is 11.1. The maximum absolute atomic E-state index is 12.0. The molecule has 3 aromatic rings. The zero-order valence-corrected chi connectivity index (χ0v) is 19.3. The number of aromatic nitrogens is 4. The number of imidazole rings is 1. The van der Waals surface area contributed by atoms with Gasteiger partial charge in [-0.25, -0.2) is 19.7 Å². The van der Waals surface area contributed by atoms with E-state index in [-0.39, 0.29) is 11.8 Å². The van der Waals surface area contributed by atoms with E-state index in [9.17, 15) is 15.0 Å². The molecule has 0 aliphatic carbocycles. The number of rotatable bonds is 8. The first-order valence-electron chi connectivity index (χ1n) is 10.8. The lowest BCUT2D eigenvalue weighted by Crippen LogP contribution is -2.39. The fourth-order valence-corrected chi connectivity index (χ4v) is 3.95. The molecule has 0 radical (unpaired) electrons. The number of hydrogen-bond acceptors (Lipinski definition) is 9. The number of anilines is 2. The number of nitrogens with zero attached hydrogens (tertiary/aromatic N) is 5. The molecule has 0 bridgehead atoms. The molecule has 13 heteroatoms. The smallest absolute Gasteiger partial charge is 0.319 e. The van der Waals surface area contributed by atoms with Crippen LogP contribution in [0.1, 0.15) is 12.6 Å². The molecule has 2 aromatic heterocycles. The fraction of sp³-hybridized carbons (Fsp3) is 0.429. The summed E-state index contributed by atoms with van der Waals surface area (Å²) in [6.45, 7) is 1.49. The Bertz CT molecular complexity index is 1130. The van der Waals surface area contributed by atoms with Crippen molar-refractivity contribution in [2.45, 2.75) is 31.0 Å². The molecule has 4 atom stereocenters. The summed E-state index contributed by atoms with van der Waals surface area (Å²) in [7, 11) is 1.88. The molecule has 34 heavy (non-hydrogen) atoms. The van der Waals surface area contributed by atoms with Gasteiger partial charge in [0, 0.05) is 23.8 Å². The number of ether oxygens (including phenoxy) is 1. The number of nitrogens with two attached hydrogens (primary N) is 1. The van der Waals surface area contributed by atoms with Crippen molar-refractivity contribution in [1.29, 1.82) is 0 Å². The summed E-state index contributed by atoms with van der Waals surface area (Å²) in [5.74, 6) is 0.225. The van der Waals surface area contributed by atoms with Gasteiger partial charge in [-0.15, -0.1) is 0 Å². The SMILES string of the molecule is CN(CCCNC(=O)Nc1ccc(Cl)cc1)CC1OC(n2cnc3c(N)ncnc32)C(O)C1O. The number of hydrogen-bond donors (Lipinski definition) is 5. The summed E-state index contributed by atoms with van der Waals surface area (Å²) in [5, 5.41) is 27.2. The third kappa shape index (κ3) is 5.37. The van der Waals surface area contributed by atoms with E-state index in [1.807, 2.05) is 11.9 Å². The minimum atomic E-state index is -1.16. The number of nitrogens with one attached hydrogen (secondary N) is 2. The normalized spacial score (nSPS) is 22.4. The number of amides is 2. The number of halogens is 1. The molecule has 6 N–H and O–H groups in total.